The molecule has 0 saturated carbocycles. The Morgan fingerprint density at radius 3 is 3.27 bits per heavy atom. The van der Waals surface area contributed by atoms with Gasteiger partial charge in [-0.3, -0.25) is 4.79 Å². The van der Waals surface area contributed by atoms with Crippen LogP contribution < -0.4 is 0 Å². The zero-order valence-corrected chi connectivity index (χ0v) is 8.20. The highest BCUT2D eigenvalue weighted by atomic mass is 127. The fourth-order valence-corrected chi connectivity index (χ4v) is 2.56. The van der Waals surface area contributed by atoms with Gasteiger partial charge in [-0.05, 0) is 10.2 Å². The maximum absolute atomic E-state index is 11.3. The molecule has 2 rings (SSSR count). The average molecular weight is 262 g/mol. The molecule has 0 aromatic heterocycles. The first-order valence-electron chi connectivity index (χ1n) is 3.28. The van der Waals surface area contributed by atoms with Crippen molar-refractivity contribution in [2.45, 2.75) is 0 Å². The topological polar surface area (TPSA) is 32.7 Å². The fraction of sp³-hybridized carbons (Fsp3) is 0.286. The van der Waals surface area contributed by atoms with Crippen molar-refractivity contribution in [3.05, 3.63) is 21.4 Å². The SMILES string of the molecule is CN1CC2=C(C=CI=N2)C1=O. The lowest BCUT2D eigenvalue weighted by molar-refractivity contribution is -0.124. The van der Waals surface area contributed by atoms with Crippen molar-refractivity contribution in [1.82, 2.24) is 4.90 Å². The van der Waals surface area contributed by atoms with Gasteiger partial charge in [0, 0.05) is 28.1 Å². The minimum Gasteiger partial charge on any atom is -0.336 e. The van der Waals surface area contributed by atoms with Gasteiger partial charge in [-0.2, -0.15) is 0 Å². The Kier molecular flexibility index (Phi) is 1.63. The van der Waals surface area contributed by atoms with Gasteiger partial charge in [-0.1, -0.05) is 0 Å². The van der Waals surface area contributed by atoms with Crippen molar-refractivity contribution in [1.29, 1.82) is 0 Å². The molecule has 1 amide bonds. The van der Waals surface area contributed by atoms with Crippen LogP contribution in [0, 0.1) is 0 Å². The van der Waals surface area contributed by atoms with Gasteiger partial charge >= 0.3 is 0 Å². The molecule has 0 aromatic rings. The summed E-state index contributed by atoms with van der Waals surface area (Å²) < 4.78 is 6.36. The quantitative estimate of drug-likeness (QED) is 0.607. The lowest BCUT2D eigenvalue weighted by Crippen LogP contribution is -2.21. The highest BCUT2D eigenvalue weighted by Gasteiger charge is 2.26. The Morgan fingerprint density at radius 2 is 2.55 bits per heavy atom. The monoisotopic (exact) mass is 262 g/mol. The van der Waals surface area contributed by atoms with E-state index in [1.165, 1.54) is 0 Å². The molecule has 0 saturated heterocycles. The summed E-state index contributed by atoms with van der Waals surface area (Å²) >= 11 is -0.150. The minimum absolute atomic E-state index is 0.115. The number of nitrogens with zero attached hydrogens (tertiary/aromatic N) is 2. The average Bonchev–Trinajstić information content (AvgIpc) is 2.30. The number of carbonyl (C=O) groups excluding carboxylic acids is 1. The van der Waals surface area contributed by atoms with Crippen molar-refractivity contribution >= 4 is 26.9 Å². The predicted octanol–water partition coefficient (Wildman–Crippen LogP) is 1.39. The molecule has 0 unspecified atom stereocenters. The van der Waals surface area contributed by atoms with Crippen molar-refractivity contribution in [3.8, 4) is 0 Å². The molecule has 0 fully saturated rings. The summed E-state index contributed by atoms with van der Waals surface area (Å²) in [6.45, 7) is 0.707. The molecule has 0 aliphatic carbocycles. The molecule has 0 bridgehead atoms. The van der Waals surface area contributed by atoms with E-state index >= 15 is 0 Å². The number of likely N-dealkylation sites (N-methyl/N-ethyl adjacent to an activating group) is 1. The molecule has 58 valence electrons. The van der Waals surface area contributed by atoms with Crippen LogP contribution in [0.25, 0.3) is 0 Å². The third-order valence-electron chi connectivity index (χ3n) is 1.71. The Labute approximate surface area is 74.9 Å². The van der Waals surface area contributed by atoms with Crippen molar-refractivity contribution in [3.63, 3.8) is 0 Å². The molecule has 0 aromatic carbocycles. The third kappa shape index (κ3) is 1.05. The molecule has 3 nitrogen and oxygen atoms in total. The van der Waals surface area contributed by atoms with E-state index < -0.39 is 0 Å². The standard InChI is InChI=1S/C7H7IN2O/c1-10-4-6-5(7(10)11)2-3-8-9-6/h2-3H,4H2,1H3. The van der Waals surface area contributed by atoms with Gasteiger partial charge in [-0.15, -0.1) is 0 Å². The zero-order chi connectivity index (χ0) is 7.84. The number of carbonyl (C=O) groups is 1. The van der Waals surface area contributed by atoms with E-state index in [-0.39, 0.29) is 26.9 Å². The van der Waals surface area contributed by atoms with Crippen molar-refractivity contribution in [2.24, 2.45) is 3.15 Å². The molecule has 0 spiro atoms. The second kappa shape index (κ2) is 2.51. The molecule has 2 aliphatic rings. The second-order valence-corrected chi connectivity index (χ2v) is 4.26. The fourth-order valence-electron chi connectivity index (χ4n) is 1.13. The van der Waals surface area contributed by atoms with Gasteiger partial charge in [0.25, 0.3) is 5.91 Å². The largest absolute Gasteiger partial charge is 0.336 e. The van der Waals surface area contributed by atoms with E-state index in [9.17, 15) is 4.79 Å². The van der Waals surface area contributed by atoms with Crippen molar-refractivity contribution in [2.75, 3.05) is 13.6 Å². The van der Waals surface area contributed by atoms with Gasteiger partial charge < -0.3 is 4.90 Å². The number of hydrogen-bond acceptors (Lipinski definition) is 2. The first-order valence-corrected chi connectivity index (χ1v) is 5.49. The summed E-state index contributed by atoms with van der Waals surface area (Å²) in [4.78, 5) is 13.0. The summed E-state index contributed by atoms with van der Waals surface area (Å²) in [6, 6.07) is 0. The Hall–Kier alpha value is -0.520. The first kappa shape index (κ1) is 7.15. The van der Waals surface area contributed by atoms with Crippen LogP contribution in [0.15, 0.2) is 24.6 Å². The number of rotatable bonds is 0. The summed E-state index contributed by atoms with van der Waals surface area (Å²) in [7, 11) is 1.81. The van der Waals surface area contributed by atoms with E-state index in [1.807, 2.05) is 17.2 Å². The molecule has 2 heterocycles. The Bertz CT molecular complexity index is 304. The summed E-state index contributed by atoms with van der Waals surface area (Å²) in [6.07, 6.45) is 1.92. The van der Waals surface area contributed by atoms with E-state index in [2.05, 4.69) is 3.15 Å². The zero-order valence-electron chi connectivity index (χ0n) is 6.04. The molecule has 2 aliphatic heterocycles. The van der Waals surface area contributed by atoms with Crippen LogP contribution in [0.4, 0.5) is 0 Å². The third-order valence-corrected chi connectivity index (χ3v) is 3.25. The minimum atomic E-state index is -0.150. The maximum atomic E-state index is 11.3. The number of amides is 1. The highest BCUT2D eigenvalue weighted by molar-refractivity contribution is 14.2. The maximum Gasteiger partial charge on any atom is 0.255 e. The molecular weight excluding hydrogens is 255 g/mol. The Morgan fingerprint density at radius 1 is 1.73 bits per heavy atom. The molecule has 11 heavy (non-hydrogen) atoms. The molecular formula is C7H7IN2O. The molecule has 0 N–H and O–H groups in total. The Balaban J connectivity index is 2.45. The predicted molar refractivity (Wildman–Crippen MR) is 50.3 cm³/mol. The van der Waals surface area contributed by atoms with Gasteiger partial charge in [0.2, 0.25) is 0 Å². The van der Waals surface area contributed by atoms with Crippen LogP contribution in [-0.2, 0) is 4.79 Å². The van der Waals surface area contributed by atoms with Gasteiger partial charge in [0.15, 0.2) is 0 Å². The van der Waals surface area contributed by atoms with Crippen LogP contribution in [0.2, 0.25) is 0 Å². The van der Waals surface area contributed by atoms with E-state index in [0.717, 1.165) is 11.3 Å². The van der Waals surface area contributed by atoms with Gasteiger partial charge in [0.05, 0.1) is 17.8 Å². The highest BCUT2D eigenvalue weighted by Crippen LogP contribution is 2.27. The first-order chi connectivity index (χ1) is 5.29. The smallest absolute Gasteiger partial charge is 0.255 e. The van der Waals surface area contributed by atoms with Crippen LogP contribution in [0.1, 0.15) is 0 Å². The lowest BCUT2D eigenvalue weighted by Gasteiger charge is -2.05. The van der Waals surface area contributed by atoms with E-state index in [4.69, 9.17) is 0 Å². The summed E-state index contributed by atoms with van der Waals surface area (Å²) in [5.74, 6) is 0.115. The normalized spacial score (nSPS) is 22.3. The molecule has 0 radical (unpaired) electrons. The van der Waals surface area contributed by atoms with Gasteiger partial charge in [-0.25, -0.2) is 3.15 Å². The number of hydrogen-bond donors (Lipinski definition) is 0. The van der Waals surface area contributed by atoms with Crippen LogP contribution >= 0.6 is 21.0 Å². The summed E-state index contributed by atoms with van der Waals surface area (Å²) in [5.41, 5.74) is 1.80. The van der Waals surface area contributed by atoms with Crippen LogP contribution in [0.5, 0.6) is 0 Å². The van der Waals surface area contributed by atoms with Crippen molar-refractivity contribution < 1.29 is 4.79 Å². The number of halogens is 1. The van der Waals surface area contributed by atoms with Crippen LogP contribution in [0.3, 0.4) is 0 Å². The summed E-state index contributed by atoms with van der Waals surface area (Å²) in [5, 5.41) is 0. The van der Waals surface area contributed by atoms with E-state index in [1.54, 1.807) is 4.90 Å². The molecule has 4 heteroatoms. The second-order valence-electron chi connectivity index (χ2n) is 2.50. The molecule has 0 atom stereocenters. The van der Waals surface area contributed by atoms with Crippen LogP contribution in [-0.4, -0.2) is 24.4 Å². The lowest BCUT2D eigenvalue weighted by atomic mass is 10.2. The van der Waals surface area contributed by atoms with Gasteiger partial charge in [0.1, 0.15) is 0 Å². The van der Waals surface area contributed by atoms with E-state index in [0.29, 0.717) is 6.54 Å².